The van der Waals surface area contributed by atoms with Crippen LogP contribution in [-0.2, 0) is 6.54 Å². The summed E-state index contributed by atoms with van der Waals surface area (Å²) in [6, 6.07) is 13.9. The molecule has 0 radical (unpaired) electrons. The van der Waals surface area contributed by atoms with Crippen molar-refractivity contribution in [3.05, 3.63) is 56.6 Å². The molecule has 0 heterocycles. The first-order valence-electron chi connectivity index (χ1n) is 5.51. The minimum atomic E-state index is 0.642. The van der Waals surface area contributed by atoms with E-state index < -0.39 is 0 Å². The van der Waals surface area contributed by atoms with Gasteiger partial charge in [0.2, 0.25) is 0 Å². The summed E-state index contributed by atoms with van der Waals surface area (Å²) in [5, 5.41) is 4.06. The van der Waals surface area contributed by atoms with Gasteiger partial charge >= 0.3 is 0 Å². The molecule has 0 fully saturated rings. The first-order valence-corrected chi connectivity index (χ1v) is 6.97. The second-order valence-corrected chi connectivity index (χ2v) is 5.44. The minimum Gasteiger partial charge on any atom is -0.496 e. The lowest BCUT2D eigenvalue weighted by atomic mass is 10.2. The van der Waals surface area contributed by atoms with Crippen molar-refractivity contribution >= 4 is 39.9 Å². The molecule has 0 bridgehead atoms. The van der Waals surface area contributed by atoms with Gasteiger partial charge in [-0.25, -0.2) is 0 Å². The van der Waals surface area contributed by atoms with Crippen molar-refractivity contribution in [3.63, 3.8) is 0 Å². The summed E-state index contributed by atoms with van der Waals surface area (Å²) in [5.41, 5.74) is 2.05. The van der Waals surface area contributed by atoms with Gasteiger partial charge in [-0.05, 0) is 52.9 Å². The van der Waals surface area contributed by atoms with Crippen molar-refractivity contribution in [1.29, 1.82) is 0 Å². The Bertz CT molecular complexity index is 545. The third-order valence-corrected chi connectivity index (χ3v) is 3.61. The molecule has 4 heteroatoms. The monoisotopic (exact) mass is 373 g/mol. The molecule has 0 aromatic heterocycles. The van der Waals surface area contributed by atoms with Crippen LogP contribution in [0.25, 0.3) is 0 Å². The van der Waals surface area contributed by atoms with Gasteiger partial charge in [0.05, 0.1) is 7.11 Å². The smallest absolute Gasteiger partial charge is 0.125 e. The first kappa shape index (κ1) is 13.5. The van der Waals surface area contributed by atoms with E-state index in [9.17, 15) is 0 Å². The van der Waals surface area contributed by atoms with E-state index in [1.54, 1.807) is 7.11 Å². The van der Waals surface area contributed by atoms with Gasteiger partial charge in [0.1, 0.15) is 5.75 Å². The normalized spacial score (nSPS) is 10.2. The molecule has 0 atom stereocenters. The van der Waals surface area contributed by atoms with Crippen LogP contribution in [0.15, 0.2) is 42.5 Å². The highest BCUT2D eigenvalue weighted by atomic mass is 127. The second kappa shape index (κ2) is 6.29. The fourth-order valence-corrected chi connectivity index (χ4v) is 2.47. The van der Waals surface area contributed by atoms with Crippen LogP contribution < -0.4 is 10.1 Å². The van der Waals surface area contributed by atoms with Crippen LogP contribution in [0, 0.1) is 3.57 Å². The molecule has 2 nitrogen and oxygen atoms in total. The van der Waals surface area contributed by atoms with Crippen LogP contribution in [-0.4, -0.2) is 7.11 Å². The van der Waals surface area contributed by atoms with E-state index in [0.29, 0.717) is 11.6 Å². The number of hydrogen-bond donors (Lipinski definition) is 1. The molecule has 1 N–H and O–H groups in total. The second-order valence-electron chi connectivity index (χ2n) is 3.78. The summed E-state index contributed by atoms with van der Waals surface area (Å²) in [5.74, 6) is 0.806. The Morgan fingerprint density at radius 1 is 1.22 bits per heavy atom. The molecular weight excluding hydrogens is 361 g/mol. The summed E-state index contributed by atoms with van der Waals surface area (Å²) in [6.07, 6.45) is 0. The first-order chi connectivity index (χ1) is 8.70. The highest BCUT2D eigenvalue weighted by Gasteiger charge is 2.07. The number of benzene rings is 2. The van der Waals surface area contributed by atoms with Gasteiger partial charge in [0.25, 0.3) is 0 Å². The van der Waals surface area contributed by atoms with Gasteiger partial charge in [0.15, 0.2) is 0 Å². The van der Waals surface area contributed by atoms with Crippen molar-refractivity contribution in [1.82, 2.24) is 0 Å². The summed E-state index contributed by atoms with van der Waals surface area (Å²) in [6.45, 7) is 0.642. The van der Waals surface area contributed by atoms with Crippen molar-refractivity contribution in [2.45, 2.75) is 6.54 Å². The number of hydrogen-bond acceptors (Lipinski definition) is 2. The Labute approximate surface area is 125 Å². The topological polar surface area (TPSA) is 21.3 Å². The summed E-state index contributed by atoms with van der Waals surface area (Å²) >= 11 is 8.47. The molecule has 0 amide bonds. The number of nitrogens with one attached hydrogen (secondary N) is 1. The minimum absolute atomic E-state index is 0.642. The molecule has 0 aliphatic carbocycles. The zero-order valence-corrected chi connectivity index (χ0v) is 12.8. The molecular formula is C14H13ClINO. The van der Waals surface area contributed by atoms with E-state index in [1.165, 1.54) is 3.57 Å². The fourth-order valence-electron chi connectivity index (χ4n) is 1.69. The van der Waals surface area contributed by atoms with Crippen LogP contribution in [0.2, 0.25) is 5.02 Å². The van der Waals surface area contributed by atoms with Crippen molar-refractivity contribution in [2.24, 2.45) is 0 Å². The van der Waals surface area contributed by atoms with E-state index in [-0.39, 0.29) is 0 Å². The maximum absolute atomic E-state index is 6.18. The predicted molar refractivity (Wildman–Crippen MR) is 84.5 cm³/mol. The Kier molecular flexibility index (Phi) is 4.72. The number of halogens is 2. The predicted octanol–water partition coefficient (Wildman–Crippen LogP) is 4.57. The Morgan fingerprint density at radius 3 is 2.72 bits per heavy atom. The maximum Gasteiger partial charge on any atom is 0.125 e. The molecule has 0 saturated carbocycles. The Balaban J connectivity index is 2.15. The molecule has 0 unspecified atom stereocenters. The van der Waals surface area contributed by atoms with Gasteiger partial charge in [-0.1, -0.05) is 23.7 Å². The van der Waals surface area contributed by atoms with Gasteiger partial charge in [-0.2, -0.15) is 0 Å². The molecule has 2 aromatic carbocycles. The largest absolute Gasteiger partial charge is 0.496 e. The summed E-state index contributed by atoms with van der Waals surface area (Å²) in [4.78, 5) is 0. The third-order valence-electron chi connectivity index (χ3n) is 2.59. The molecule has 0 saturated heterocycles. The number of methoxy groups -OCH3 is 1. The molecule has 18 heavy (non-hydrogen) atoms. The van der Waals surface area contributed by atoms with Crippen LogP contribution in [0.3, 0.4) is 0 Å². The SMILES string of the molecule is COc1cccc(Cl)c1CNc1cccc(I)c1. The average molecular weight is 374 g/mol. The van der Waals surface area contributed by atoms with Gasteiger partial charge in [-0.3, -0.25) is 0 Å². The van der Waals surface area contributed by atoms with Crippen LogP contribution in [0.1, 0.15) is 5.56 Å². The number of rotatable bonds is 4. The lowest BCUT2D eigenvalue weighted by molar-refractivity contribution is 0.410. The van der Waals surface area contributed by atoms with Gasteiger partial charge < -0.3 is 10.1 Å². The Hall–Kier alpha value is -0.940. The zero-order chi connectivity index (χ0) is 13.0. The lowest BCUT2D eigenvalue weighted by Gasteiger charge is -2.12. The molecule has 0 aliphatic heterocycles. The molecule has 2 aromatic rings. The van der Waals surface area contributed by atoms with Crippen LogP contribution in [0.4, 0.5) is 5.69 Å². The molecule has 2 rings (SSSR count). The van der Waals surface area contributed by atoms with Gasteiger partial charge in [-0.15, -0.1) is 0 Å². The Morgan fingerprint density at radius 2 is 2.00 bits per heavy atom. The highest BCUT2D eigenvalue weighted by molar-refractivity contribution is 14.1. The summed E-state index contributed by atoms with van der Waals surface area (Å²) < 4.78 is 6.51. The highest BCUT2D eigenvalue weighted by Crippen LogP contribution is 2.27. The molecule has 0 spiro atoms. The number of ether oxygens (including phenoxy) is 1. The standard InChI is InChI=1S/C14H13ClINO/c1-18-14-7-3-6-13(15)12(14)9-17-11-5-2-4-10(16)8-11/h2-8,17H,9H2,1H3. The van der Waals surface area contributed by atoms with E-state index in [4.69, 9.17) is 16.3 Å². The fraction of sp³-hybridized carbons (Fsp3) is 0.143. The van der Waals surface area contributed by atoms with E-state index in [2.05, 4.69) is 40.0 Å². The van der Waals surface area contributed by atoms with E-state index in [0.717, 1.165) is 17.0 Å². The third kappa shape index (κ3) is 3.29. The lowest BCUT2D eigenvalue weighted by Crippen LogP contribution is -2.02. The number of anilines is 1. The van der Waals surface area contributed by atoms with Crippen LogP contribution >= 0.6 is 34.2 Å². The van der Waals surface area contributed by atoms with Crippen molar-refractivity contribution < 1.29 is 4.74 Å². The summed E-state index contributed by atoms with van der Waals surface area (Å²) in [7, 11) is 1.65. The van der Waals surface area contributed by atoms with E-state index >= 15 is 0 Å². The quantitative estimate of drug-likeness (QED) is 0.793. The van der Waals surface area contributed by atoms with Crippen molar-refractivity contribution in [3.8, 4) is 5.75 Å². The molecule has 0 aliphatic rings. The van der Waals surface area contributed by atoms with Crippen LogP contribution in [0.5, 0.6) is 5.75 Å². The van der Waals surface area contributed by atoms with Gasteiger partial charge in [0, 0.05) is 26.4 Å². The van der Waals surface area contributed by atoms with E-state index in [1.807, 2.05) is 30.3 Å². The maximum atomic E-state index is 6.18. The zero-order valence-electron chi connectivity index (χ0n) is 9.91. The van der Waals surface area contributed by atoms with Crippen molar-refractivity contribution in [2.75, 3.05) is 12.4 Å². The average Bonchev–Trinajstić information content (AvgIpc) is 2.37. The molecule has 94 valence electrons.